The Balaban J connectivity index is 0.000000511. The zero-order chi connectivity index (χ0) is 18.2. The van der Waals surface area contributed by atoms with Gasteiger partial charge in [0, 0.05) is 29.2 Å². The molecule has 6 nitrogen and oxygen atoms in total. The van der Waals surface area contributed by atoms with Gasteiger partial charge >= 0.3 is 0 Å². The Hall–Kier alpha value is -2.61. The van der Waals surface area contributed by atoms with E-state index in [4.69, 9.17) is 8.76 Å². The molecule has 25 heavy (non-hydrogen) atoms. The zero-order valence-electron chi connectivity index (χ0n) is 14.0. The summed E-state index contributed by atoms with van der Waals surface area (Å²) < 4.78 is 17.6. The Bertz CT molecular complexity index is 835. The first-order valence-electron chi connectivity index (χ1n) is 7.50. The molecule has 2 heterocycles. The van der Waals surface area contributed by atoms with Crippen LogP contribution in [0.4, 0.5) is 11.5 Å². The summed E-state index contributed by atoms with van der Waals surface area (Å²) in [5, 5.41) is 7.26. The van der Waals surface area contributed by atoms with Crippen LogP contribution in [-0.2, 0) is 11.3 Å². The van der Waals surface area contributed by atoms with Gasteiger partial charge in [0.15, 0.2) is 0 Å². The number of pyridine rings is 2. The summed E-state index contributed by atoms with van der Waals surface area (Å²) in [5.74, 6) is 0.815. The van der Waals surface area contributed by atoms with E-state index in [0.717, 1.165) is 17.1 Å². The highest BCUT2D eigenvalue weighted by Crippen LogP contribution is 2.23. The third-order valence-corrected chi connectivity index (χ3v) is 3.54. The lowest BCUT2D eigenvalue weighted by molar-refractivity contribution is 0.539. The summed E-state index contributed by atoms with van der Waals surface area (Å²) in [6, 6.07) is 14.4. The largest absolute Gasteiger partial charge is 0.760 e. The van der Waals surface area contributed by atoms with E-state index in [0.29, 0.717) is 0 Å². The van der Waals surface area contributed by atoms with Crippen molar-refractivity contribution in [3.05, 3.63) is 72.2 Å². The fourth-order valence-electron chi connectivity index (χ4n) is 2.14. The Morgan fingerprint density at radius 3 is 2.32 bits per heavy atom. The van der Waals surface area contributed by atoms with Crippen LogP contribution in [0.5, 0.6) is 0 Å². The maximum absolute atomic E-state index is 8.78. The molecule has 3 rings (SSSR count). The van der Waals surface area contributed by atoms with Crippen molar-refractivity contribution in [3.63, 3.8) is 0 Å². The number of nitrogens with one attached hydrogen (secondary N) is 1. The molecule has 1 atom stereocenters. The Labute approximate surface area is 149 Å². The van der Waals surface area contributed by atoms with E-state index in [1.54, 1.807) is 12.4 Å². The second kappa shape index (κ2) is 9.03. The third-order valence-electron chi connectivity index (χ3n) is 3.54. The molecule has 0 bridgehead atoms. The lowest BCUT2D eigenvalue weighted by Gasteiger charge is -2.08. The monoisotopic (exact) mass is 355 g/mol. The number of aryl methyl sites for hydroxylation is 2. The molecule has 1 unspecified atom stereocenters. The molecule has 0 aliphatic carbocycles. The third kappa shape index (κ3) is 6.07. The SMILES string of the molecule is Cc1ccc(-c2ccc(Nc3cccnc3)nc2)cc1C.NS(=O)[O-]. The molecule has 0 fully saturated rings. The van der Waals surface area contributed by atoms with Gasteiger partial charge in [-0.1, -0.05) is 18.2 Å². The van der Waals surface area contributed by atoms with Crippen molar-refractivity contribution in [3.8, 4) is 11.1 Å². The average Bonchev–Trinajstić information content (AvgIpc) is 2.59. The predicted molar refractivity (Wildman–Crippen MR) is 99.8 cm³/mol. The molecule has 0 saturated carbocycles. The van der Waals surface area contributed by atoms with Crippen LogP contribution in [0.3, 0.4) is 0 Å². The van der Waals surface area contributed by atoms with E-state index in [2.05, 4.69) is 58.5 Å². The fraction of sp³-hybridized carbons (Fsp3) is 0.111. The minimum Gasteiger partial charge on any atom is -0.760 e. The molecule has 0 spiro atoms. The number of hydrogen-bond acceptors (Lipinski definition) is 5. The van der Waals surface area contributed by atoms with Gasteiger partial charge in [0.25, 0.3) is 0 Å². The van der Waals surface area contributed by atoms with Crippen LogP contribution in [0.15, 0.2) is 61.1 Å². The van der Waals surface area contributed by atoms with Crippen LogP contribution < -0.4 is 10.5 Å². The minimum absolute atomic E-state index is 0.815. The van der Waals surface area contributed by atoms with Gasteiger partial charge in [-0.3, -0.25) is 14.3 Å². The zero-order valence-corrected chi connectivity index (χ0v) is 14.8. The van der Waals surface area contributed by atoms with Gasteiger partial charge in [-0.15, -0.1) is 0 Å². The van der Waals surface area contributed by atoms with Crippen molar-refractivity contribution in [2.24, 2.45) is 5.14 Å². The average molecular weight is 355 g/mol. The van der Waals surface area contributed by atoms with Crippen molar-refractivity contribution in [2.45, 2.75) is 13.8 Å². The fourth-order valence-corrected chi connectivity index (χ4v) is 2.14. The van der Waals surface area contributed by atoms with Gasteiger partial charge < -0.3 is 9.87 Å². The summed E-state index contributed by atoms with van der Waals surface area (Å²) in [4.78, 5) is 8.54. The molecule has 3 N–H and O–H groups in total. The number of anilines is 2. The maximum Gasteiger partial charge on any atom is 0.130 e. The highest BCUT2D eigenvalue weighted by atomic mass is 32.2. The van der Waals surface area contributed by atoms with Crippen molar-refractivity contribution in [1.29, 1.82) is 0 Å². The first-order valence-corrected chi connectivity index (χ1v) is 8.64. The van der Waals surface area contributed by atoms with Gasteiger partial charge in [0.1, 0.15) is 5.82 Å². The molecule has 2 aromatic heterocycles. The number of nitrogens with two attached hydrogens (primary N) is 1. The van der Waals surface area contributed by atoms with Crippen molar-refractivity contribution in [2.75, 3.05) is 5.32 Å². The number of hydrogen-bond donors (Lipinski definition) is 2. The summed E-state index contributed by atoms with van der Waals surface area (Å²) in [5.41, 5.74) is 5.85. The second-order valence-electron chi connectivity index (χ2n) is 5.36. The molecule has 7 heteroatoms. The summed E-state index contributed by atoms with van der Waals surface area (Å²) in [6.07, 6.45) is 5.42. The van der Waals surface area contributed by atoms with Crippen LogP contribution in [0, 0.1) is 13.8 Å². The quantitative estimate of drug-likeness (QED) is 0.702. The molecule has 1 aromatic carbocycles. The number of rotatable bonds is 3. The summed E-state index contributed by atoms with van der Waals surface area (Å²) in [7, 11) is 0. The summed E-state index contributed by atoms with van der Waals surface area (Å²) in [6.45, 7) is 4.25. The molecule has 0 radical (unpaired) electrons. The normalized spacial score (nSPS) is 11.2. The molecule has 0 amide bonds. The van der Waals surface area contributed by atoms with E-state index < -0.39 is 11.3 Å². The Morgan fingerprint density at radius 1 is 1.04 bits per heavy atom. The Morgan fingerprint density at radius 2 is 1.76 bits per heavy atom. The maximum atomic E-state index is 8.78. The van der Waals surface area contributed by atoms with E-state index in [1.165, 1.54) is 16.7 Å². The first kappa shape index (κ1) is 18.7. The van der Waals surface area contributed by atoms with Gasteiger partial charge in [0.2, 0.25) is 0 Å². The number of aromatic nitrogens is 2. The van der Waals surface area contributed by atoms with Crippen molar-refractivity contribution in [1.82, 2.24) is 9.97 Å². The molecule has 3 aromatic rings. The van der Waals surface area contributed by atoms with Gasteiger partial charge in [-0.2, -0.15) is 0 Å². The highest BCUT2D eigenvalue weighted by Gasteiger charge is 2.01. The topological polar surface area (TPSA) is 104 Å². The van der Waals surface area contributed by atoms with Crippen LogP contribution in [-0.4, -0.2) is 18.7 Å². The van der Waals surface area contributed by atoms with E-state index in [9.17, 15) is 0 Å². The van der Waals surface area contributed by atoms with Gasteiger partial charge in [-0.25, -0.2) is 4.98 Å². The standard InChI is InChI=1S/C18H17N3.H3NO2S/c1-13-5-6-15(10-14(13)2)16-7-8-18(20-11-16)21-17-4-3-9-19-12-17;1-4(2)3/h3-12H,1-2H3,(H,20,21);1H2,(H,2,3)/p-1. The lowest BCUT2D eigenvalue weighted by atomic mass is 10.0. The van der Waals surface area contributed by atoms with Crippen LogP contribution in [0.1, 0.15) is 11.1 Å². The van der Waals surface area contributed by atoms with E-state index >= 15 is 0 Å². The highest BCUT2D eigenvalue weighted by molar-refractivity contribution is 7.76. The first-order chi connectivity index (χ1) is 12.0. The van der Waals surface area contributed by atoms with Crippen molar-refractivity contribution >= 4 is 22.8 Å². The van der Waals surface area contributed by atoms with Gasteiger partial charge in [0.05, 0.1) is 11.9 Å². The van der Waals surface area contributed by atoms with E-state index in [1.807, 2.05) is 24.4 Å². The van der Waals surface area contributed by atoms with Crippen LogP contribution in [0.25, 0.3) is 11.1 Å². The second-order valence-corrected chi connectivity index (χ2v) is 5.88. The van der Waals surface area contributed by atoms with Crippen LogP contribution >= 0.6 is 0 Å². The molecule has 0 aliphatic rings. The van der Waals surface area contributed by atoms with E-state index in [-0.39, 0.29) is 0 Å². The molecule has 130 valence electrons. The predicted octanol–water partition coefficient (Wildman–Crippen LogP) is 3.24. The lowest BCUT2D eigenvalue weighted by Crippen LogP contribution is -1.97. The van der Waals surface area contributed by atoms with Crippen LogP contribution in [0.2, 0.25) is 0 Å². The van der Waals surface area contributed by atoms with Crippen molar-refractivity contribution < 1.29 is 8.76 Å². The smallest absolute Gasteiger partial charge is 0.130 e. The molecule has 0 saturated heterocycles. The van der Waals surface area contributed by atoms with Gasteiger partial charge in [-0.05, 0) is 54.8 Å². The minimum atomic E-state index is -2.36. The Kier molecular flexibility index (Phi) is 6.76. The summed E-state index contributed by atoms with van der Waals surface area (Å²) >= 11 is -2.36. The number of nitrogens with zero attached hydrogens (tertiary/aromatic N) is 2. The molecular formula is C18H19N4O2S-. The molecule has 0 aliphatic heterocycles. The number of benzene rings is 1. The molecular weight excluding hydrogens is 336 g/mol.